The molecule has 0 radical (unpaired) electrons. The van der Waals surface area contributed by atoms with Crippen LogP contribution in [0.4, 0.5) is 5.69 Å². The number of Topliss-reactive ketones (excluding diaryl/α,β-unsaturated/α-hetero) is 1. The molecule has 2 N–H and O–H groups in total. The molecule has 2 aromatic heterocycles. The molecular formula is C19H23N5O2. The van der Waals surface area contributed by atoms with Gasteiger partial charge in [-0.3, -0.25) is 9.59 Å². The number of anilines is 1. The van der Waals surface area contributed by atoms with Crippen LogP contribution in [0.25, 0.3) is 11.2 Å². The average Bonchev–Trinajstić information content (AvgIpc) is 3.20. The Morgan fingerprint density at radius 1 is 1.35 bits per heavy atom. The first-order valence-electron chi connectivity index (χ1n) is 8.57. The number of carbonyl (C=O) groups is 2. The van der Waals surface area contributed by atoms with Gasteiger partial charge in [0.25, 0.3) is 5.91 Å². The standard InChI is InChI=1S/C19H23N5O2/c1-11(2)16(25)10-23(4)19(26)14-8-15(20)18-21-17(22-24(18)9-14)13-6-5-12(3)7-13/h5-6,8-9,11H,7,10,20H2,1-4H3. The third kappa shape index (κ3) is 3.37. The second kappa shape index (κ2) is 6.74. The molecule has 7 heteroatoms. The van der Waals surface area contributed by atoms with Crippen LogP contribution in [-0.4, -0.2) is 44.8 Å². The van der Waals surface area contributed by atoms with Crippen LogP contribution in [0.15, 0.2) is 30.0 Å². The van der Waals surface area contributed by atoms with E-state index in [-0.39, 0.29) is 24.2 Å². The highest BCUT2D eigenvalue weighted by molar-refractivity contribution is 5.98. The Morgan fingerprint density at radius 3 is 2.69 bits per heavy atom. The number of aromatic nitrogens is 3. The SMILES string of the molecule is CC1=CC=C(c2nc3c(N)cc(C(=O)N(C)CC(=O)C(C)C)cn3n2)C1. The average molecular weight is 353 g/mol. The molecule has 1 aliphatic carbocycles. The molecule has 0 saturated carbocycles. The summed E-state index contributed by atoms with van der Waals surface area (Å²) < 4.78 is 1.53. The van der Waals surface area contributed by atoms with Crippen molar-refractivity contribution in [3.05, 3.63) is 41.4 Å². The van der Waals surface area contributed by atoms with Crippen LogP contribution in [0.2, 0.25) is 0 Å². The fraction of sp³-hybridized carbons (Fsp3) is 0.368. The smallest absolute Gasteiger partial charge is 0.255 e. The third-order valence-electron chi connectivity index (χ3n) is 4.42. The summed E-state index contributed by atoms with van der Waals surface area (Å²) in [7, 11) is 1.60. The molecule has 1 aliphatic rings. The summed E-state index contributed by atoms with van der Waals surface area (Å²) in [6, 6.07) is 1.58. The Bertz CT molecular complexity index is 952. The molecule has 0 saturated heterocycles. The molecule has 0 unspecified atom stereocenters. The second-order valence-corrected chi connectivity index (χ2v) is 7.05. The number of amides is 1. The number of ketones is 1. The minimum absolute atomic E-state index is 0.00832. The molecule has 0 aromatic carbocycles. The minimum Gasteiger partial charge on any atom is -0.396 e. The second-order valence-electron chi connectivity index (χ2n) is 7.05. The van der Waals surface area contributed by atoms with Gasteiger partial charge >= 0.3 is 0 Å². The van der Waals surface area contributed by atoms with Crippen molar-refractivity contribution in [2.45, 2.75) is 27.2 Å². The highest BCUT2D eigenvalue weighted by Gasteiger charge is 2.20. The van der Waals surface area contributed by atoms with Crippen LogP contribution >= 0.6 is 0 Å². The van der Waals surface area contributed by atoms with Crippen molar-refractivity contribution in [2.75, 3.05) is 19.3 Å². The predicted octanol–water partition coefficient (Wildman–Crippen LogP) is 2.34. The van der Waals surface area contributed by atoms with E-state index < -0.39 is 0 Å². The van der Waals surface area contributed by atoms with Crippen LogP contribution in [0.3, 0.4) is 0 Å². The van der Waals surface area contributed by atoms with Gasteiger partial charge in [-0.2, -0.15) is 0 Å². The summed E-state index contributed by atoms with van der Waals surface area (Å²) in [4.78, 5) is 30.4. The van der Waals surface area contributed by atoms with Gasteiger partial charge in [-0.15, -0.1) is 5.10 Å². The van der Waals surface area contributed by atoms with Gasteiger partial charge in [-0.05, 0) is 19.4 Å². The van der Waals surface area contributed by atoms with Gasteiger partial charge in [0.2, 0.25) is 0 Å². The molecule has 0 fully saturated rings. The number of rotatable bonds is 5. The van der Waals surface area contributed by atoms with E-state index in [4.69, 9.17) is 5.73 Å². The number of nitrogens with two attached hydrogens (primary N) is 1. The molecule has 2 aromatic rings. The maximum atomic E-state index is 12.6. The van der Waals surface area contributed by atoms with Gasteiger partial charge in [-0.1, -0.05) is 31.6 Å². The zero-order chi connectivity index (χ0) is 19.0. The number of nitrogen functional groups attached to an aromatic ring is 1. The summed E-state index contributed by atoms with van der Waals surface area (Å²) in [6.07, 6.45) is 6.46. The molecule has 7 nitrogen and oxygen atoms in total. The van der Waals surface area contributed by atoms with Crippen molar-refractivity contribution >= 4 is 28.6 Å². The Labute approximate surface area is 152 Å². The van der Waals surface area contributed by atoms with E-state index in [1.54, 1.807) is 19.3 Å². The minimum atomic E-state index is -0.276. The van der Waals surface area contributed by atoms with Gasteiger partial charge < -0.3 is 10.6 Å². The van der Waals surface area contributed by atoms with E-state index in [2.05, 4.69) is 17.0 Å². The molecule has 0 spiro atoms. The number of nitrogens with zero attached hydrogens (tertiary/aromatic N) is 4. The molecule has 1 amide bonds. The fourth-order valence-electron chi connectivity index (χ4n) is 2.79. The molecule has 3 rings (SSSR count). The van der Waals surface area contributed by atoms with Crippen molar-refractivity contribution in [2.24, 2.45) is 5.92 Å². The zero-order valence-corrected chi connectivity index (χ0v) is 15.5. The number of fused-ring (bicyclic) bond motifs is 1. The Hall–Kier alpha value is -2.96. The van der Waals surface area contributed by atoms with E-state index >= 15 is 0 Å². The van der Waals surface area contributed by atoms with Crippen molar-refractivity contribution < 1.29 is 9.59 Å². The lowest BCUT2D eigenvalue weighted by molar-refractivity contribution is -0.122. The van der Waals surface area contributed by atoms with Gasteiger partial charge in [-0.25, -0.2) is 9.50 Å². The lowest BCUT2D eigenvalue weighted by Crippen LogP contribution is -2.34. The van der Waals surface area contributed by atoms with E-state index in [1.807, 2.05) is 26.0 Å². The zero-order valence-electron chi connectivity index (χ0n) is 15.5. The molecule has 136 valence electrons. The van der Waals surface area contributed by atoms with Gasteiger partial charge in [0, 0.05) is 24.7 Å². The van der Waals surface area contributed by atoms with Crippen molar-refractivity contribution in [3.8, 4) is 0 Å². The number of likely N-dealkylation sites (N-methyl/N-ethyl adjacent to an activating group) is 1. The van der Waals surface area contributed by atoms with Crippen LogP contribution in [0.5, 0.6) is 0 Å². The summed E-state index contributed by atoms with van der Waals surface area (Å²) in [5, 5.41) is 4.47. The van der Waals surface area contributed by atoms with E-state index in [9.17, 15) is 9.59 Å². The topological polar surface area (TPSA) is 93.6 Å². The molecular weight excluding hydrogens is 330 g/mol. The van der Waals surface area contributed by atoms with Crippen LogP contribution in [-0.2, 0) is 4.79 Å². The molecule has 2 heterocycles. The Kier molecular flexibility index (Phi) is 4.63. The number of carbonyl (C=O) groups excluding carboxylic acids is 2. The predicted molar refractivity (Wildman–Crippen MR) is 101 cm³/mol. The summed E-state index contributed by atoms with van der Waals surface area (Å²) >= 11 is 0. The highest BCUT2D eigenvalue weighted by atomic mass is 16.2. The van der Waals surface area contributed by atoms with Crippen molar-refractivity contribution in [3.63, 3.8) is 0 Å². The summed E-state index contributed by atoms with van der Waals surface area (Å²) in [6.45, 7) is 5.75. The van der Waals surface area contributed by atoms with Gasteiger partial charge in [0.05, 0.1) is 17.8 Å². The van der Waals surface area contributed by atoms with E-state index in [1.165, 1.54) is 15.0 Å². The monoisotopic (exact) mass is 353 g/mol. The molecule has 26 heavy (non-hydrogen) atoms. The number of hydrogen-bond donors (Lipinski definition) is 1. The molecule has 0 atom stereocenters. The number of hydrogen-bond acceptors (Lipinski definition) is 5. The van der Waals surface area contributed by atoms with Crippen molar-refractivity contribution in [1.82, 2.24) is 19.5 Å². The quantitative estimate of drug-likeness (QED) is 0.890. The first-order valence-corrected chi connectivity index (χ1v) is 8.57. The maximum absolute atomic E-state index is 12.6. The van der Waals surface area contributed by atoms with Crippen LogP contribution in [0.1, 0.15) is 43.4 Å². The normalized spacial score (nSPS) is 13.9. The van der Waals surface area contributed by atoms with Crippen LogP contribution in [0, 0.1) is 5.92 Å². The van der Waals surface area contributed by atoms with Crippen LogP contribution < -0.4 is 5.73 Å². The Morgan fingerprint density at radius 2 is 2.08 bits per heavy atom. The molecule has 0 bridgehead atoms. The first kappa shape index (κ1) is 17.8. The summed E-state index contributed by atoms with van der Waals surface area (Å²) in [5.74, 6) is 0.224. The summed E-state index contributed by atoms with van der Waals surface area (Å²) in [5.41, 5.74) is 9.63. The third-order valence-corrected chi connectivity index (χ3v) is 4.42. The van der Waals surface area contributed by atoms with E-state index in [0.717, 1.165) is 12.0 Å². The molecule has 0 aliphatic heterocycles. The fourth-order valence-corrected chi connectivity index (χ4v) is 2.79. The Balaban J connectivity index is 1.88. The maximum Gasteiger partial charge on any atom is 0.255 e. The van der Waals surface area contributed by atoms with Gasteiger partial charge in [0.15, 0.2) is 17.3 Å². The van der Waals surface area contributed by atoms with Gasteiger partial charge in [0.1, 0.15) is 0 Å². The lowest BCUT2D eigenvalue weighted by Gasteiger charge is -2.17. The van der Waals surface area contributed by atoms with Crippen molar-refractivity contribution in [1.29, 1.82) is 0 Å². The number of allylic oxidation sites excluding steroid dienone is 4. The highest BCUT2D eigenvalue weighted by Crippen LogP contribution is 2.27. The first-order chi connectivity index (χ1) is 12.3. The number of pyridine rings is 1. The lowest BCUT2D eigenvalue weighted by atomic mass is 10.1. The van der Waals surface area contributed by atoms with E-state index in [0.29, 0.717) is 22.7 Å². The largest absolute Gasteiger partial charge is 0.396 e.